The fraction of sp³-hybridized carbons (Fsp3) is 0.286. The van der Waals surface area contributed by atoms with E-state index in [-0.39, 0.29) is 0 Å². The Labute approximate surface area is 115 Å². The Morgan fingerprint density at radius 1 is 1.32 bits per heavy atom. The van der Waals surface area contributed by atoms with Crippen molar-refractivity contribution in [2.24, 2.45) is 0 Å². The molecule has 0 saturated heterocycles. The molecule has 3 rings (SSSR count). The smallest absolute Gasteiger partial charge is 0.214 e. The van der Waals surface area contributed by atoms with E-state index < -0.39 is 0 Å². The summed E-state index contributed by atoms with van der Waals surface area (Å²) in [4.78, 5) is 5.39. The summed E-state index contributed by atoms with van der Waals surface area (Å²) in [5.41, 5.74) is 9.42. The van der Waals surface area contributed by atoms with Crippen molar-refractivity contribution in [2.45, 2.75) is 26.7 Å². The lowest BCUT2D eigenvalue weighted by atomic mass is 9.97. The van der Waals surface area contributed by atoms with E-state index in [4.69, 9.17) is 5.73 Å². The first kappa shape index (κ1) is 12.2. The van der Waals surface area contributed by atoms with Crippen LogP contribution in [0.25, 0.3) is 16.3 Å². The summed E-state index contributed by atoms with van der Waals surface area (Å²) in [5, 5.41) is 6.35. The van der Waals surface area contributed by atoms with E-state index in [9.17, 15) is 0 Å². The monoisotopic (exact) mass is 272 g/mol. The number of hydrogen-bond donors (Lipinski definition) is 1. The van der Waals surface area contributed by atoms with E-state index >= 15 is 0 Å². The Balaban J connectivity index is 2.17. The van der Waals surface area contributed by atoms with Crippen molar-refractivity contribution in [1.82, 2.24) is 14.6 Å². The number of nitrogens with two attached hydrogens (primary N) is 1. The van der Waals surface area contributed by atoms with E-state index in [0.717, 1.165) is 16.3 Å². The number of hydrogen-bond acceptors (Lipinski definition) is 4. The summed E-state index contributed by atoms with van der Waals surface area (Å²) in [7, 11) is 0. The van der Waals surface area contributed by atoms with Gasteiger partial charge in [-0.2, -0.15) is 9.50 Å². The third kappa shape index (κ3) is 2.00. The first-order chi connectivity index (χ1) is 9.06. The lowest BCUT2D eigenvalue weighted by molar-refractivity contribution is 0.866. The molecule has 0 aliphatic rings. The van der Waals surface area contributed by atoms with Crippen molar-refractivity contribution in [3.63, 3.8) is 0 Å². The summed E-state index contributed by atoms with van der Waals surface area (Å²) < 4.78 is 1.70. The van der Waals surface area contributed by atoms with Crippen LogP contribution >= 0.6 is 11.3 Å². The Morgan fingerprint density at radius 2 is 2.11 bits per heavy atom. The highest BCUT2D eigenvalue weighted by molar-refractivity contribution is 7.15. The quantitative estimate of drug-likeness (QED) is 0.777. The van der Waals surface area contributed by atoms with E-state index in [1.165, 1.54) is 22.5 Å². The number of rotatable bonds is 2. The Bertz CT molecular complexity index is 739. The standard InChI is InChI=1S/C14H16N4S/c1-8(2)10-5-4-9(3)11(6-10)13-16-14-18(17-13)12(15)7-19-14/h4-8H,15H2,1-3H3. The molecule has 19 heavy (non-hydrogen) atoms. The maximum Gasteiger partial charge on any atom is 0.214 e. The van der Waals surface area contributed by atoms with Crippen LogP contribution in [0.5, 0.6) is 0 Å². The molecule has 0 fully saturated rings. The van der Waals surface area contributed by atoms with Gasteiger partial charge in [-0.3, -0.25) is 0 Å². The molecule has 0 bridgehead atoms. The minimum atomic E-state index is 0.494. The van der Waals surface area contributed by atoms with Crippen molar-refractivity contribution >= 4 is 22.1 Å². The molecule has 0 saturated carbocycles. The normalized spacial score (nSPS) is 11.6. The van der Waals surface area contributed by atoms with Crippen molar-refractivity contribution in [1.29, 1.82) is 0 Å². The number of benzene rings is 1. The fourth-order valence-corrected chi connectivity index (χ4v) is 2.77. The van der Waals surface area contributed by atoms with Gasteiger partial charge in [-0.05, 0) is 30.0 Å². The van der Waals surface area contributed by atoms with Gasteiger partial charge in [-0.1, -0.05) is 26.0 Å². The Kier molecular flexibility index (Phi) is 2.78. The predicted octanol–water partition coefficient (Wildman–Crippen LogP) is 3.47. The van der Waals surface area contributed by atoms with Gasteiger partial charge in [-0.25, -0.2) is 0 Å². The number of aryl methyl sites for hydroxylation is 1. The molecule has 3 aromatic rings. The van der Waals surface area contributed by atoms with Crippen LogP contribution in [0, 0.1) is 6.92 Å². The average molecular weight is 272 g/mol. The van der Waals surface area contributed by atoms with Gasteiger partial charge < -0.3 is 5.73 Å². The third-order valence-corrected chi connectivity index (χ3v) is 4.11. The molecule has 0 aliphatic heterocycles. The molecule has 4 nitrogen and oxygen atoms in total. The molecular formula is C14H16N4S. The minimum Gasteiger partial charge on any atom is -0.383 e. The van der Waals surface area contributed by atoms with Gasteiger partial charge in [0, 0.05) is 10.9 Å². The topological polar surface area (TPSA) is 56.2 Å². The van der Waals surface area contributed by atoms with Crippen LogP contribution in [-0.4, -0.2) is 14.6 Å². The molecule has 98 valence electrons. The van der Waals surface area contributed by atoms with Crippen LogP contribution in [0.3, 0.4) is 0 Å². The number of anilines is 1. The lowest BCUT2D eigenvalue weighted by Crippen LogP contribution is -1.94. The zero-order valence-corrected chi connectivity index (χ0v) is 12.0. The summed E-state index contributed by atoms with van der Waals surface area (Å²) in [6.07, 6.45) is 0. The molecule has 2 heterocycles. The molecule has 0 unspecified atom stereocenters. The number of nitrogen functional groups attached to an aromatic ring is 1. The molecule has 0 aliphatic carbocycles. The maximum absolute atomic E-state index is 5.85. The van der Waals surface area contributed by atoms with Crippen LogP contribution in [0.15, 0.2) is 23.6 Å². The lowest BCUT2D eigenvalue weighted by Gasteiger charge is -2.08. The third-order valence-electron chi connectivity index (χ3n) is 3.28. The number of nitrogens with zero attached hydrogens (tertiary/aromatic N) is 3. The highest BCUT2D eigenvalue weighted by Crippen LogP contribution is 2.27. The SMILES string of the molecule is Cc1ccc(C(C)C)cc1-c1nc2scc(N)n2n1. The molecular weight excluding hydrogens is 256 g/mol. The van der Waals surface area contributed by atoms with Crippen molar-refractivity contribution in [3.05, 3.63) is 34.7 Å². The second-order valence-corrected chi connectivity index (χ2v) is 5.86. The van der Waals surface area contributed by atoms with Gasteiger partial charge >= 0.3 is 0 Å². The summed E-state index contributed by atoms with van der Waals surface area (Å²) >= 11 is 1.51. The minimum absolute atomic E-state index is 0.494. The molecule has 1 aromatic carbocycles. The van der Waals surface area contributed by atoms with E-state index in [2.05, 4.69) is 49.1 Å². The molecule has 0 amide bonds. The number of fused-ring (bicyclic) bond motifs is 1. The molecule has 0 spiro atoms. The van der Waals surface area contributed by atoms with Crippen LogP contribution in [0.4, 0.5) is 5.82 Å². The van der Waals surface area contributed by atoms with Crippen LogP contribution < -0.4 is 5.73 Å². The van der Waals surface area contributed by atoms with Crippen molar-refractivity contribution in [3.8, 4) is 11.4 Å². The van der Waals surface area contributed by atoms with Gasteiger partial charge in [0.1, 0.15) is 5.82 Å². The van der Waals surface area contributed by atoms with E-state index in [0.29, 0.717) is 11.7 Å². The fourth-order valence-electron chi connectivity index (χ4n) is 2.06. The van der Waals surface area contributed by atoms with Gasteiger partial charge in [0.2, 0.25) is 4.96 Å². The summed E-state index contributed by atoms with van der Waals surface area (Å²) in [6.45, 7) is 6.45. The highest BCUT2D eigenvalue weighted by Gasteiger charge is 2.13. The van der Waals surface area contributed by atoms with Crippen molar-refractivity contribution in [2.75, 3.05) is 5.73 Å². The zero-order chi connectivity index (χ0) is 13.6. The first-order valence-electron chi connectivity index (χ1n) is 6.27. The van der Waals surface area contributed by atoms with E-state index in [1.54, 1.807) is 4.52 Å². The van der Waals surface area contributed by atoms with Crippen LogP contribution in [-0.2, 0) is 0 Å². The second kappa shape index (κ2) is 4.35. The van der Waals surface area contributed by atoms with E-state index in [1.807, 2.05) is 5.38 Å². The largest absolute Gasteiger partial charge is 0.383 e. The van der Waals surface area contributed by atoms with Crippen LogP contribution in [0.1, 0.15) is 30.9 Å². The van der Waals surface area contributed by atoms with Gasteiger partial charge in [0.05, 0.1) is 0 Å². The Morgan fingerprint density at radius 3 is 2.79 bits per heavy atom. The second-order valence-electron chi connectivity index (χ2n) is 5.02. The predicted molar refractivity (Wildman–Crippen MR) is 79.5 cm³/mol. The number of aromatic nitrogens is 3. The maximum atomic E-state index is 5.85. The Hall–Kier alpha value is -1.88. The average Bonchev–Trinajstić information content (AvgIpc) is 2.92. The molecule has 0 atom stereocenters. The molecule has 0 radical (unpaired) electrons. The molecule has 5 heteroatoms. The van der Waals surface area contributed by atoms with Gasteiger partial charge in [0.15, 0.2) is 5.82 Å². The highest BCUT2D eigenvalue weighted by atomic mass is 32.1. The van der Waals surface area contributed by atoms with Crippen molar-refractivity contribution < 1.29 is 0 Å². The first-order valence-corrected chi connectivity index (χ1v) is 7.15. The van der Waals surface area contributed by atoms with Gasteiger partial charge in [0.25, 0.3) is 0 Å². The molecule has 2 N–H and O–H groups in total. The molecule has 2 aromatic heterocycles. The van der Waals surface area contributed by atoms with Gasteiger partial charge in [-0.15, -0.1) is 16.4 Å². The number of thiazole rings is 1. The van der Waals surface area contributed by atoms with Crippen LogP contribution in [0.2, 0.25) is 0 Å². The summed E-state index contributed by atoms with van der Waals surface area (Å²) in [6, 6.07) is 6.47. The zero-order valence-electron chi connectivity index (χ0n) is 11.2. The summed E-state index contributed by atoms with van der Waals surface area (Å²) in [5.74, 6) is 1.88.